The molecule has 154 valence electrons. The number of nitrogens with two attached hydrogens (primary N) is 1. The molecule has 0 fully saturated rings. The van der Waals surface area contributed by atoms with Gasteiger partial charge in [0.2, 0.25) is 0 Å². The number of amides is 1. The average molecular weight is 423 g/mol. The second-order valence-electron chi connectivity index (χ2n) is 6.74. The van der Waals surface area contributed by atoms with Crippen molar-refractivity contribution in [2.75, 3.05) is 5.32 Å². The highest BCUT2D eigenvalue weighted by molar-refractivity contribution is 8.14. The highest BCUT2D eigenvalue weighted by atomic mass is 32.2. The maximum Gasteiger partial charge on any atom is 0.281 e. The number of nitrogens with zero attached hydrogens (tertiary/aromatic N) is 3. The van der Waals surface area contributed by atoms with Gasteiger partial charge in [0.1, 0.15) is 17.2 Å². The van der Waals surface area contributed by atoms with E-state index in [1.54, 1.807) is 0 Å². The Morgan fingerprint density at radius 1 is 1.38 bits per heavy atom. The lowest BCUT2D eigenvalue weighted by molar-refractivity contribution is 0.102. The predicted octanol–water partition coefficient (Wildman–Crippen LogP) is 4.25. The summed E-state index contributed by atoms with van der Waals surface area (Å²) >= 11 is 1.44. The maximum absolute atomic E-state index is 14.7. The number of nitrogens with one attached hydrogen (secondary N) is 1. The first kappa shape index (κ1) is 21.1. The fourth-order valence-corrected chi connectivity index (χ4v) is 4.31. The molecule has 2 heterocycles. The van der Waals surface area contributed by atoms with Gasteiger partial charge in [0.15, 0.2) is 5.17 Å². The van der Waals surface area contributed by atoms with E-state index in [-0.39, 0.29) is 10.9 Å². The molecule has 2 atom stereocenters. The first-order chi connectivity index (χ1) is 13.7. The number of rotatable bonds is 5. The number of benzene rings is 1. The third-order valence-corrected chi connectivity index (χ3v) is 5.61. The topological polar surface area (TPSA) is 93.3 Å². The zero-order valence-electron chi connectivity index (χ0n) is 15.8. The quantitative estimate of drug-likeness (QED) is 0.750. The van der Waals surface area contributed by atoms with E-state index in [1.165, 1.54) is 30.0 Å². The van der Waals surface area contributed by atoms with Crippen LogP contribution in [0, 0.1) is 5.82 Å². The van der Waals surface area contributed by atoms with Crippen molar-refractivity contribution in [1.29, 1.82) is 0 Å². The Hall–Kier alpha value is -2.62. The molecule has 1 aromatic heterocycles. The van der Waals surface area contributed by atoms with Gasteiger partial charge in [-0.2, -0.15) is 0 Å². The van der Waals surface area contributed by atoms with E-state index in [1.807, 2.05) is 13.8 Å². The number of amidine groups is 1. The van der Waals surface area contributed by atoms with Crippen LogP contribution in [0.15, 0.2) is 35.6 Å². The largest absolute Gasteiger partial charge is 0.379 e. The number of carbonyl (C=O) groups is 1. The van der Waals surface area contributed by atoms with Crippen molar-refractivity contribution >= 4 is 28.5 Å². The normalized spacial score (nSPS) is 21.7. The minimum Gasteiger partial charge on any atom is -0.379 e. The summed E-state index contributed by atoms with van der Waals surface area (Å²) in [4.78, 5) is 24.1. The first-order valence-corrected chi connectivity index (χ1v) is 9.85. The second-order valence-corrected chi connectivity index (χ2v) is 8.20. The molecule has 1 amide bonds. The SMILES string of the molecule is CCC1(c2cc(NC(=O)c3cnc(C(F)F)cn3)ccc2F)CC(C)SC(N)=N1. The van der Waals surface area contributed by atoms with E-state index in [2.05, 4.69) is 20.3 Å². The van der Waals surface area contributed by atoms with Crippen LogP contribution >= 0.6 is 11.8 Å². The summed E-state index contributed by atoms with van der Waals surface area (Å²) in [6, 6.07) is 4.19. The van der Waals surface area contributed by atoms with Crippen LogP contribution in [-0.4, -0.2) is 26.3 Å². The maximum atomic E-state index is 14.7. The number of aromatic nitrogens is 2. The minimum absolute atomic E-state index is 0.129. The van der Waals surface area contributed by atoms with Crippen molar-refractivity contribution in [3.8, 4) is 0 Å². The summed E-state index contributed by atoms with van der Waals surface area (Å²) in [5, 5.41) is 3.15. The summed E-state index contributed by atoms with van der Waals surface area (Å²) in [7, 11) is 0. The molecule has 2 aromatic rings. The number of hydrogen-bond donors (Lipinski definition) is 2. The van der Waals surface area contributed by atoms with Crippen molar-refractivity contribution in [2.45, 2.75) is 43.9 Å². The Kier molecular flexibility index (Phi) is 6.11. The van der Waals surface area contributed by atoms with E-state index >= 15 is 0 Å². The molecule has 0 aliphatic carbocycles. The summed E-state index contributed by atoms with van der Waals surface area (Å²) in [6.07, 6.45) is 0.186. The van der Waals surface area contributed by atoms with Crippen molar-refractivity contribution in [1.82, 2.24) is 9.97 Å². The number of carbonyl (C=O) groups excluding carboxylic acids is 1. The van der Waals surface area contributed by atoms with Crippen LogP contribution < -0.4 is 11.1 Å². The van der Waals surface area contributed by atoms with Gasteiger partial charge in [-0.25, -0.2) is 18.2 Å². The van der Waals surface area contributed by atoms with Gasteiger partial charge in [0, 0.05) is 16.5 Å². The molecular weight excluding hydrogens is 403 g/mol. The molecule has 2 unspecified atom stereocenters. The molecule has 29 heavy (non-hydrogen) atoms. The lowest BCUT2D eigenvalue weighted by Crippen LogP contribution is -2.35. The van der Waals surface area contributed by atoms with Crippen LogP contribution in [0.3, 0.4) is 0 Å². The van der Waals surface area contributed by atoms with Gasteiger partial charge in [-0.1, -0.05) is 25.6 Å². The third-order valence-electron chi connectivity index (χ3n) is 4.71. The number of alkyl halides is 2. The van der Waals surface area contributed by atoms with Gasteiger partial charge >= 0.3 is 0 Å². The van der Waals surface area contributed by atoms with Gasteiger partial charge in [0.05, 0.1) is 17.9 Å². The van der Waals surface area contributed by atoms with E-state index in [9.17, 15) is 18.0 Å². The van der Waals surface area contributed by atoms with Crippen molar-refractivity contribution in [3.63, 3.8) is 0 Å². The first-order valence-electron chi connectivity index (χ1n) is 8.97. The number of hydrogen-bond acceptors (Lipinski definition) is 6. The lowest BCUT2D eigenvalue weighted by Gasteiger charge is -2.36. The molecule has 1 aliphatic heterocycles. The number of thioether (sulfide) groups is 1. The van der Waals surface area contributed by atoms with Crippen LogP contribution in [0.5, 0.6) is 0 Å². The molecule has 0 spiro atoms. The Balaban J connectivity index is 1.89. The van der Waals surface area contributed by atoms with Crippen LogP contribution in [0.25, 0.3) is 0 Å². The van der Waals surface area contributed by atoms with E-state index < -0.39 is 29.4 Å². The van der Waals surface area contributed by atoms with Gasteiger partial charge in [-0.05, 0) is 31.0 Å². The van der Waals surface area contributed by atoms with Crippen LogP contribution in [-0.2, 0) is 5.54 Å². The standard InChI is InChI=1S/C19H20F3N5OS/c1-3-19(7-10(2)29-18(23)27-19)12-6-11(4-5-13(12)20)26-17(28)15-9-24-14(8-25-15)16(21)22/h4-6,8-10,16H,3,7H2,1-2H3,(H2,23,27)(H,26,28). The number of aliphatic imine (C=N–C) groups is 1. The van der Waals surface area contributed by atoms with Crippen LogP contribution in [0.4, 0.5) is 18.9 Å². The van der Waals surface area contributed by atoms with Gasteiger partial charge in [0.25, 0.3) is 12.3 Å². The Morgan fingerprint density at radius 2 is 2.14 bits per heavy atom. The lowest BCUT2D eigenvalue weighted by atomic mass is 9.83. The third kappa shape index (κ3) is 4.52. The molecule has 0 radical (unpaired) electrons. The minimum atomic E-state index is -2.77. The van der Waals surface area contributed by atoms with E-state index in [4.69, 9.17) is 5.73 Å². The molecule has 10 heteroatoms. The predicted molar refractivity (Wildman–Crippen MR) is 107 cm³/mol. The zero-order valence-corrected chi connectivity index (χ0v) is 16.6. The molecule has 6 nitrogen and oxygen atoms in total. The molecule has 1 aromatic carbocycles. The van der Waals surface area contributed by atoms with E-state index in [0.717, 1.165) is 12.4 Å². The summed E-state index contributed by atoms with van der Waals surface area (Å²) < 4.78 is 39.8. The smallest absolute Gasteiger partial charge is 0.281 e. The van der Waals surface area contributed by atoms with Gasteiger partial charge in [-0.3, -0.25) is 14.8 Å². The summed E-state index contributed by atoms with van der Waals surface area (Å²) in [5.74, 6) is -1.08. The molecule has 1 aliphatic rings. The summed E-state index contributed by atoms with van der Waals surface area (Å²) in [6.45, 7) is 3.91. The molecule has 0 saturated heterocycles. The zero-order chi connectivity index (χ0) is 21.2. The van der Waals surface area contributed by atoms with Crippen LogP contribution in [0.1, 0.15) is 54.9 Å². The van der Waals surface area contributed by atoms with Gasteiger partial charge < -0.3 is 11.1 Å². The number of anilines is 1. The Bertz CT molecular complexity index is 938. The highest BCUT2D eigenvalue weighted by Gasteiger charge is 2.38. The molecule has 3 rings (SSSR count). The monoisotopic (exact) mass is 423 g/mol. The molecular formula is C19H20F3N5OS. The van der Waals surface area contributed by atoms with Crippen molar-refractivity contribution in [3.05, 3.63) is 53.4 Å². The van der Waals surface area contributed by atoms with Gasteiger partial charge in [-0.15, -0.1) is 0 Å². The Morgan fingerprint density at radius 3 is 2.72 bits per heavy atom. The summed E-state index contributed by atoms with van der Waals surface area (Å²) in [5.41, 5.74) is 5.15. The fraction of sp³-hybridized carbons (Fsp3) is 0.368. The molecule has 0 saturated carbocycles. The van der Waals surface area contributed by atoms with Crippen molar-refractivity contribution < 1.29 is 18.0 Å². The highest BCUT2D eigenvalue weighted by Crippen LogP contribution is 2.43. The van der Waals surface area contributed by atoms with Crippen molar-refractivity contribution in [2.24, 2.45) is 10.7 Å². The number of halogens is 3. The van der Waals surface area contributed by atoms with E-state index in [0.29, 0.717) is 29.3 Å². The average Bonchev–Trinajstić information content (AvgIpc) is 2.68. The molecule has 3 N–H and O–H groups in total. The fourth-order valence-electron chi connectivity index (χ4n) is 3.31. The molecule has 0 bridgehead atoms. The Labute approximate surface area is 170 Å². The van der Waals surface area contributed by atoms with Crippen LogP contribution in [0.2, 0.25) is 0 Å². The second kappa shape index (κ2) is 8.40.